The molecule has 98 valence electrons. The monoisotopic (exact) mass is 252 g/mol. The number of hydrogen-bond acceptors (Lipinski definition) is 2. The van der Waals surface area contributed by atoms with E-state index in [9.17, 15) is 8.78 Å². The van der Waals surface area contributed by atoms with Crippen molar-refractivity contribution in [3.05, 3.63) is 23.8 Å². The first kappa shape index (κ1) is 11.8. The molecule has 2 aliphatic rings. The molecule has 0 radical (unpaired) electrons. The van der Waals surface area contributed by atoms with E-state index in [0.717, 1.165) is 24.0 Å². The van der Waals surface area contributed by atoms with E-state index in [2.05, 4.69) is 5.32 Å². The van der Waals surface area contributed by atoms with Gasteiger partial charge in [0.15, 0.2) is 11.6 Å². The normalized spacial score (nSPS) is 29.8. The molecular weight excluding hydrogens is 234 g/mol. The topological polar surface area (TPSA) is 38.0 Å². The average Bonchev–Trinajstić information content (AvgIpc) is 2.89. The molecule has 0 heterocycles. The van der Waals surface area contributed by atoms with Crippen LogP contribution in [0.4, 0.5) is 20.2 Å². The van der Waals surface area contributed by atoms with Crippen molar-refractivity contribution in [2.45, 2.75) is 25.7 Å². The number of fused-ring (bicyclic) bond motifs is 2. The summed E-state index contributed by atoms with van der Waals surface area (Å²) >= 11 is 0. The van der Waals surface area contributed by atoms with Gasteiger partial charge in [-0.1, -0.05) is 6.42 Å². The second-order valence-corrected chi connectivity index (χ2v) is 5.68. The lowest BCUT2D eigenvalue weighted by atomic mass is 9.89. The molecule has 0 saturated heterocycles. The Morgan fingerprint density at radius 1 is 1.17 bits per heavy atom. The van der Waals surface area contributed by atoms with Crippen LogP contribution in [-0.4, -0.2) is 6.54 Å². The molecule has 0 spiro atoms. The zero-order valence-electron chi connectivity index (χ0n) is 10.3. The van der Waals surface area contributed by atoms with Crippen molar-refractivity contribution >= 4 is 11.4 Å². The number of anilines is 2. The summed E-state index contributed by atoms with van der Waals surface area (Å²) in [6.45, 7) is 0.666. The molecule has 3 unspecified atom stereocenters. The quantitative estimate of drug-likeness (QED) is 0.809. The van der Waals surface area contributed by atoms with Gasteiger partial charge >= 0.3 is 0 Å². The van der Waals surface area contributed by atoms with Crippen LogP contribution in [-0.2, 0) is 0 Å². The van der Waals surface area contributed by atoms with E-state index in [1.54, 1.807) is 0 Å². The highest BCUT2D eigenvalue weighted by Gasteiger charge is 2.39. The van der Waals surface area contributed by atoms with Gasteiger partial charge in [-0.25, -0.2) is 8.78 Å². The Bertz CT molecular complexity index is 438. The summed E-state index contributed by atoms with van der Waals surface area (Å²) in [6.07, 6.45) is 5.13. The van der Waals surface area contributed by atoms with E-state index >= 15 is 0 Å². The summed E-state index contributed by atoms with van der Waals surface area (Å²) in [5.41, 5.74) is 5.47. The lowest BCUT2D eigenvalue weighted by molar-refractivity contribution is 0.347. The van der Waals surface area contributed by atoms with Crippen molar-refractivity contribution in [3.8, 4) is 0 Å². The first-order valence-electron chi connectivity index (χ1n) is 6.62. The van der Waals surface area contributed by atoms with E-state index in [0.29, 0.717) is 12.5 Å². The summed E-state index contributed by atoms with van der Waals surface area (Å²) in [5.74, 6) is 0.969. The van der Waals surface area contributed by atoms with E-state index in [-0.39, 0.29) is 11.4 Å². The molecule has 18 heavy (non-hydrogen) atoms. The highest BCUT2D eigenvalue weighted by molar-refractivity contribution is 5.54. The van der Waals surface area contributed by atoms with E-state index in [1.807, 2.05) is 0 Å². The zero-order valence-corrected chi connectivity index (χ0v) is 10.3. The fourth-order valence-electron chi connectivity index (χ4n) is 3.62. The number of rotatable bonds is 3. The maximum Gasteiger partial charge on any atom is 0.151 e. The Morgan fingerprint density at radius 2 is 1.89 bits per heavy atom. The van der Waals surface area contributed by atoms with Crippen molar-refractivity contribution < 1.29 is 8.78 Å². The summed E-state index contributed by atoms with van der Waals surface area (Å²) in [7, 11) is 0. The molecule has 4 heteroatoms. The molecule has 0 aromatic heterocycles. The first-order valence-corrected chi connectivity index (χ1v) is 6.62. The smallest absolute Gasteiger partial charge is 0.151 e. The van der Waals surface area contributed by atoms with Crippen LogP contribution in [0.1, 0.15) is 25.7 Å². The Labute approximate surface area is 106 Å². The van der Waals surface area contributed by atoms with E-state index in [1.165, 1.54) is 25.7 Å². The number of halogens is 2. The van der Waals surface area contributed by atoms with Crippen LogP contribution in [0.25, 0.3) is 0 Å². The number of nitrogens with one attached hydrogen (secondary N) is 1. The van der Waals surface area contributed by atoms with Gasteiger partial charge in [0, 0.05) is 12.2 Å². The molecule has 2 fully saturated rings. The van der Waals surface area contributed by atoms with Gasteiger partial charge in [-0.15, -0.1) is 0 Å². The van der Waals surface area contributed by atoms with Gasteiger partial charge in [0.1, 0.15) is 5.69 Å². The number of nitrogens with two attached hydrogens (primary N) is 1. The highest BCUT2D eigenvalue weighted by Crippen LogP contribution is 2.48. The maximum absolute atomic E-state index is 13.6. The molecule has 1 aromatic carbocycles. The van der Waals surface area contributed by atoms with Gasteiger partial charge in [-0.05, 0) is 49.1 Å². The van der Waals surface area contributed by atoms with E-state index in [4.69, 9.17) is 5.73 Å². The fourth-order valence-corrected chi connectivity index (χ4v) is 3.62. The summed E-state index contributed by atoms with van der Waals surface area (Å²) in [4.78, 5) is 0. The van der Waals surface area contributed by atoms with E-state index < -0.39 is 11.6 Å². The van der Waals surface area contributed by atoms with Gasteiger partial charge in [0.25, 0.3) is 0 Å². The molecule has 1 aromatic rings. The minimum atomic E-state index is -0.601. The number of hydrogen-bond donors (Lipinski definition) is 2. The molecule has 3 rings (SSSR count). The van der Waals surface area contributed by atoms with Crippen molar-refractivity contribution in [2.24, 2.45) is 17.8 Å². The third kappa shape index (κ3) is 2.04. The molecule has 2 saturated carbocycles. The predicted molar refractivity (Wildman–Crippen MR) is 68.2 cm³/mol. The molecule has 0 aliphatic heterocycles. The minimum Gasteiger partial charge on any atom is -0.399 e. The molecule has 2 nitrogen and oxygen atoms in total. The van der Waals surface area contributed by atoms with Crippen LogP contribution in [0.15, 0.2) is 12.1 Å². The Balaban J connectivity index is 1.67. The molecule has 0 amide bonds. The number of nitrogen functional groups attached to an aromatic ring is 1. The summed E-state index contributed by atoms with van der Waals surface area (Å²) in [6, 6.07) is 2.32. The van der Waals surface area contributed by atoms with Crippen LogP contribution in [0, 0.1) is 29.4 Å². The SMILES string of the molecule is Nc1cc(F)c(NCC2CC3CCC2C3)c(F)c1. The van der Waals surface area contributed by atoms with Crippen molar-refractivity contribution in [1.29, 1.82) is 0 Å². The Kier molecular flexibility index (Phi) is 2.88. The average molecular weight is 252 g/mol. The summed E-state index contributed by atoms with van der Waals surface area (Å²) in [5, 5.41) is 2.93. The molecule has 3 N–H and O–H groups in total. The third-order valence-electron chi connectivity index (χ3n) is 4.49. The lowest BCUT2D eigenvalue weighted by Gasteiger charge is -2.22. The van der Waals surface area contributed by atoms with Crippen LogP contribution >= 0.6 is 0 Å². The highest BCUT2D eigenvalue weighted by atomic mass is 19.1. The van der Waals surface area contributed by atoms with Gasteiger partial charge in [-0.2, -0.15) is 0 Å². The molecule has 2 bridgehead atoms. The minimum absolute atomic E-state index is 0.0352. The summed E-state index contributed by atoms with van der Waals surface area (Å²) < 4.78 is 27.2. The van der Waals surface area contributed by atoms with Crippen molar-refractivity contribution in [2.75, 3.05) is 17.6 Å². The van der Waals surface area contributed by atoms with Gasteiger partial charge in [-0.3, -0.25) is 0 Å². The largest absolute Gasteiger partial charge is 0.399 e. The number of benzene rings is 1. The van der Waals surface area contributed by atoms with Crippen molar-refractivity contribution in [1.82, 2.24) is 0 Å². The first-order chi connectivity index (χ1) is 8.63. The second-order valence-electron chi connectivity index (χ2n) is 5.68. The van der Waals surface area contributed by atoms with Crippen LogP contribution in [0.3, 0.4) is 0 Å². The van der Waals surface area contributed by atoms with Crippen LogP contribution in [0.2, 0.25) is 0 Å². The predicted octanol–water partition coefficient (Wildman–Crippen LogP) is 3.40. The zero-order chi connectivity index (χ0) is 12.7. The molecule has 3 atom stereocenters. The van der Waals surface area contributed by atoms with Gasteiger partial charge in [0.2, 0.25) is 0 Å². The standard InChI is InChI=1S/C14H18F2N2/c15-12-5-11(17)6-13(16)14(12)18-7-10-4-8-1-2-9(10)3-8/h5-6,8-10,18H,1-4,7,17H2. The Morgan fingerprint density at radius 3 is 2.44 bits per heavy atom. The Hall–Kier alpha value is -1.32. The van der Waals surface area contributed by atoms with Gasteiger partial charge < -0.3 is 11.1 Å². The van der Waals surface area contributed by atoms with Crippen LogP contribution < -0.4 is 11.1 Å². The van der Waals surface area contributed by atoms with Crippen molar-refractivity contribution in [3.63, 3.8) is 0 Å². The van der Waals surface area contributed by atoms with Crippen LogP contribution in [0.5, 0.6) is 0 Å². The molecule has 2 aliphatic carbocycles. The lowest BCUT2D eigenvalue weighted by Crippen LogP contribution is -2.21. The fraction of sp³-hybridized carbons (Fsp3) is 0.571. The third-order valence-corrected chi connectivity index (χ3v) is 4.49. The molecular formula is C14H18F2N2. The van der Waals surface area contributed by atoms with Gasteiger partial charge in [0.05, 0.1) is 0 Å². The maximum atomic E-state index is 13.6. The second kappa shape index (κ2) is 4.41.